The molecule has 1 amide bonds. The maximum Gasteiger partial charge on any atom is 0.229 e. The predicted molar refractivity (Wildman–Crippen MR) is 120 cm³/mol. The first kappa shape index (κ1) is 19.2. The third kappa shape index (κ3) is 3.84. The van der Waals surface area contributed by atoms with E-state index in [0.29, 0.717) is 12.4 Å². The molecule has 1 aliphatic heterocycles. The third-order valence-corrected chi connectivity index (χ3v) is 5.62. The molecule has 0 unspecified atom stereocenters. The first-order valence-corrected chi connectivity index (χ1v) is 10.4. The maximum absolute atomic E-state index is 12.9. The summed E-state index contributed by atoms with van der Waals surface area (Å²) in [5.74, 6) is 1.35. The van der Waals surface area contributed by atoms with Crippen LogP contribution in [0.1, 0.15) is 12.8 Å². The van der Waals surface area contributed by atoms with Crippen LogP contribution in [0.15, 0.2) is 61.1 Å². The summed E-state index contributed by atoms with van der Waals surface area (Å²) in [6, 6.07) is 13.4. The van der Waals surface area contributed by atoms with Crippen LogP contribution in [-0.4, -0.2) is 43.7 Å². The number of nitrogens with zero attached hydrogens (tertiary/aromatic N) is 6. The smallest absolute Gasteiger partial charge is 0.229 e. The van der Waals surface area contributed by atoms with Crippen LogP contribution in [0.5, 0.6) is 0 Å². The molecule has 4 heterocycles. The fourth-order valence-electron chi connectivity index (χ4n) is 4.02. The Morgan fingerprint density at radius 2 is 1.97 bits per heavy atom. The van der Waals surface area contributed by atoms with E-state index in [1.54, 1.807) is 23.3 Å². The lowest BCUT2D eigenvalue weighted by Gasteiger charge is -2.33. The first-order chi connectivity index (χ1) is 15.2. The van der Waals surface area contributed by atoms with Crippen LogP contribution in [0.3, 0.4) is 0 Å². The molecule has 1 saturated heterocycles. The van der Waals surface area contributed by atoms with Gasteiger partial charge in [-0.05, 0) is 37.1 Å². The van der Waals surface area contributed by atoms with Crippen molar-refractivity contribution in [3.05, 3.63) is 61.1 Å². The predicted octanol–water partition coefficient (Wildman–Crippen LogP) is 3.28. The van der Waals surface area contributed by atoms with E-state index >= 15 is 0 Å². The molecule has 156 valence electrons. The molecule has 1 atom stereocenters. The Kier molecular flexibility index (Phi) is 5.03. The Morgan fingerprint density at radius 3 is 2.77 bits per heavy atom. The lowest BCUT2D eigenvalue weighted by atomic mass is 9.97. The van der Waals surface area contributed by atoms with Gasteiger partial charge in [-0.15, -0.1) is 0 Å². The Morgan fingerprint density at radius 1 is 1.10 bits per heavy atom. The van der Waals surface area contributed by atoms with Gasteiger partial charge in [0, 0.05) is 43.8 Å². The van der Waals surface area contributed by atoms with E-state index in [1.165, 1.54) is 0 Å². The van der Waals surface area contributed by atoms with Gasteiger partial charge in [-0.3, -0.25) is 14.5 Å². The van der Waals surface area contributed by atoms with Crippen LogP contribution < -0.4 is 10.2 Å². The number of carbonyl (C=O) groups excluding carboxylic acids is 1. The highest BCUT2D eigenvalue weighted by atomic mass is 16.1. The van der Waals surface area contributed by atoms with Crippen LogP contribution in [0.2, 0.25) is 0 Å². The monoisotopic (exact) mass is 413 g/mol. The summed E-state index contributed by atoms with van der Waals surface area (Å²) >= 11 is 0. The number of rotatable bonds is 4. The first-order valence-electron chi connectivity index (χ1n) is 10.4. The number of amides is 1. The molecule has 5 rings (SSSR count). The van der Waals surface area contributed by atoms with E-state index in [1.807, 2.05) is 49.5 Å². The quantitative estimate of drug-likeness (QED) is 0.552. The molecule has 0 aliphatic carbocycles. The van der Waals surface area contributed by atoms with E-state index < -0.39 is 0 Å². The highest BCUT2D eigenvalue weighted by Crippen LogP contribution is 2.30. The zero-order chi connectivity index (χ0) is 21.2. The molecule has 0 bridgehead atoms. The van der Waals surface area contributed by atoms with Crippen molar-refractivity contribution in [3.63, 3.8) is 0 Å². The number of piperidine rings is 1. The number of benzene rings is 1. The summed E-state index contributed by atoms with van der Waals surface area (Å²) in [4.78, 5) is 28.9. The van der Waals surface area contributed by atoms with Crippen molar-refractivity contribution in [3.8, 4) is 11.4 Å². The summed E-state index contributed by atoms with van der Waals surface area (Å²) in [6.07, 6.45) is 7.05. The SMILES string of the molecule is Cn1ncc2c(N3CCC[C@H](C(=O)Nc4ccccc4)C3)nc(-c3cccnc3)nc21. The fourth-order valence-corrected chi connectivity index (χ4v) is 4.02. The summed E-state index contributed by atoms with van der Waals surface area (Å²) < 4.78 is 1.75. The Balaban J connectivity index is 1.46. The molecule has 1 aliphatic rings. The Labute approximate surface area is 180 Å². The molecule has 8 heteroatoms. The van der Waals surface area contributed by atoms with Crippen LogP contribution in [-0.2, 0) is 11.8 Å². The van der Waals surface area contributed by atoms with E-state index in [-0.39, 0.29) is 11.8 Å². The van der Waals surface area contributed by atoms with Gasteiger partial charge in [-0.25, -0.2) is 9.97 Å². The molecular formula is C23H23N7O. The molecule has 1 fully saturated rings. The van der Waals surface area contributed by atoms with Gasteiger partial charge in [0.25, 0.3) is 0 Å². The van der Waals surface area contributed by atoms with Crippen molar-refractivity contribution < 1.29 is 4.79 Å². The van der Waals surface area contributed by atoms with Gasteiger partial charge < -0.3 is 10.2 Å². The zero-order valence-corrected chi connectivity index (χ0v) is 17.3. The average Bonchev–Trinajstić information content (AvgIpc) is 3.20. The summed E-state index contributed by atoms with van der Waals surface area (Å²) in [6.45, 7) is 1.44. The Hall–Kier alpha value is -3.81. The molecule has 8 nitrogen and oxygen atoms in total. The molecule has 31 heavy (non-hydrogen) atoms. The topological polar surface area (TPSA) is 88.8 Å². The number of carbonyl (C=O) groups is 1. The minimum Gasteiger partial charge on any atom is -0.355 e. The summed E-state index contributed by atoms with van der Waals surface area (Å²) in [7, 11) is 1.87. The number of aryl methyl sites for hydroxylation is 1. The molecule has 1 aromatic carbocycles. The van der Waals surface area contributed by atoms with Gasteiger partial charge in [0.2, 0.25) is 5.91 Å². The number of aromatic nitrogens is 5. The fraction of sp³-hybridized carbons (Fsp3) is 0.261. The number of hydrogen-bond donors (Lipinski definition) is 1. The molecule has 3 aromatic heterocycles. The van der Waals surface area contributed by atoms with Gasteiger partial charge in [0.05, 0.1) is 17.5 Å². The van der Waals surface area contributed by atoms with E-state index in [0.717, 1.165) is 47.5 Å². The molecular weight excluding hydrogens is 390 g/mol. The van der Waals surface area contributed by atoms with Gasteiger partial charge in [0.15, 0.2) is 11.5 Å². The van der Waals surface area contributed by atoms with Crippen molar-refractivity contribution in [1.82, 2.24) is 24.7 Å². The number of fused-ring (bicyclic) bond motifs is 1. The van der Waals surface area contributed by atoms with Crippen molar-refractivity contribution >= 4 is 28.4 Å². The number of pyridine rings is 1. The summed E-state index contributed by atoms with van der Waals surface area (Å²) in [5.41, 5.74) is 2.43. The maximum atomic E-state index is 12.9. The highest BCUT2D eigenvalue weighted by molar-refractivity contribution is 5.94. The van der Waals surface area contributed by atoms with E-state index in [9.17, 15) is 4.79 Å². The minimum atomic E-state index is -0.113. The highest BCUT2D eigenvalue weighted by Gasteiger charge is 2.28. The Bertz CT molecular complexity index is 1210. The molecule has 0 spiro atoms. The number of anilines is 2. The zero-order valence-electron chi connectivity index (χ0n) is 17.3. The standard InChI is InChI=1S/C23H23N7O/c1-29-21-19(14-25-29)22(28-20(27-21)16-7-5-11-24-13-16)30-12-6-8-17(15-30)23(31)26-18-9-3-2-4-10-18/h2-5,7,9-11,13-14,17H,6,8,12,15H2,1H3,(H,26,31)/t17-/m0/s1. The molecule has 1 N–H and O–H groups in total. The molecule has 0 saturated carbocycles. The van der Waals surface area contributed by atoms with Crippen LogP contribution in [0.4, 0.5) is 11.5 Å². The van der Waals surface area contributed by atoms with Gasteiger partial charge in [-0.2, -0.15) is 5.10 Å². The largest absolute Gasteiger partial charge is 0.355 e. The second kappa shape index (κ2) is 8.14. The van der Waals surface area contributed by atoms with Crippen molar-refractivity contribution in [2.24, 2.45) is 13.0 Å². The normalized spacial score (nSPS) is 16.4. The van der Waals surface area contributed by atoms with Gasteiger partial charge in [0.1, 0.15) is 5.82 Å². The minimum absolute atomic E-state index is 0.0415. The number of hydrogen-bond acceptors (Lipinski definition) is 6. The second-order valence-electron chi connectivity index (χ2n) is 7.76. The van der Waals surface area contributed by atoms with Gasteiger partial charge in [-0.1, -0.05) is 18.2 Å². The third-order valence-electron chi connectivity index (χ3n) is 5.62. The average molecular weight is 413 g/mol. The van der Waals surface area contributed by atoms with E-state index in [4.69, 9.17) is 9.97 Å². The van der Waals surface area contributed by atoms with Crippen molar-refractivity contribution in [2.75, 3.05) is 23.3 Å². The van der Waals surface area contributed by atoms with Crippen molar-refractivity contribution in [2.45, 2.75) is 12.8 Å². The lowest BCUT2D eigenvalue weighted by molar-refractivity contribution is -0.120. The van der Waals surface area contributed by atoms with E-state index in [2.05, 4.69) is 20.3 Å². The van der Waals surface area contributed by atoms with Crippen LogP contribution >= 0.6 is 0 Å². The van der Waals surface area contributed by atoms with Gasteiger partial charge >= 0.3 is 0 Å². The van der Waals surface area contributed by atoms with Crippen LogP contribution in [0.25, 0.3) is 22.4 Å². The lowest BCUT2D eigenvalue weighted by Crippen LogP contribution is -2.41. The number of para-hydroxylation sites is 1. The van der Waals surface area contributed by atoms with Crippen molar-refractivity contribution in [1.29, 1.82) is 0 Å². The molecule has 4 aromatic rings. The van der Waals surface area contributed by atoms with Crippen LogP contribution in [0, 0.1) is 5.92 Å². The summed E-state index contributed by atoms with van der Waals surface area (Å²) in [5, 5.41) is 8.32. The molecule has 0 radical (unpaired) electrons. The second-order valence-corrected chi connectivity index (χ2v) is 7.76. The number of nitrogens with one attached hydrogen (secondary N) is 1.